The van der Waals surface area contributed by atoms with Crippen LogP contribution in [0.4, 0.5) is 4.39 Å². The molecule has 4 heteroatoms. The predicted molar refractivity (Wildman–Crippen MR) is 65.9 cm³/mol. The molecule has 1 aromatic rings. The van der Waals surface area contributed by atoms with Crippen molar-refractivity contribution >= 4 is 10.8 Å². The SMILES string of the molecule is O=S(CCCC1CCCO1)c1ccc(F)cc1. The summed E-state index contributed by atoms with van der Waals surface area (Å²) in [5.41, 5.74) is 0. The van der Waals surface area contributed by atoms with Gasteiger partial charge in [0.15, 0.2) is 0 Å². The first kappa shape index (κ1) is 12.7. The number of halogens is 1. The molecule has 1 aliphatic rings. The van der Waals surface area contributed by atoms with E-state index in [1.807, 2.05) is 0 Å². The van der Waals surface area contributed by atoms with E-state index in [1.54, 1.807) is 12.1 Å². The van der Waals surface area contributed by atoms with Gasteiger partial charge in [-0.3, -0.25) is 4.21 Å². The zero-order chi connectivity index (χ0) is 12.1. The number of hydrogen-bond acceptors (Lipinski definition) is 2. The van der Waals surface area contributed by atoms with Gasteiger partial charge in [-0.15, -0.1) is 0 Å². The Kier molecular flexibility index (Phi) is 4.68. The Bertz CT molecular complexity index is 372. The lowest BCUT2D eigenvalue weighted by molar-refractivity contribution is 0.104. The Balaban J connectivity index is 1.75. The Morgan fingerprint density at radius 3 is 2.76 bits per heavy atom. The summed E-state index contributed by atoms with van der Waals surface area (Å²) in [5, 5.41) is 0. The summed E-state index contributed by atoms with van der Waals surface area (Å²) < 4.78 is 30.1. The molecule has 1 fully saturated rings. The number of hydrogen-bond donors (Lipinski definition) is 0. The highest BCUT2D eigenvalue weighted by atomic mass is 32.2. The minimum Gasteiger partial charge on any atom is -0.378 e. The van der Waals surface area contributed by atoms with Crippen molar-refractivity contribution in [2.75, 3.05) is 12.4 Å². The molecule has 0 radical (unpaired) electrons. The third-order valence-corrected chi connectivity index (χ3v) is 4.41. The highest BCUT2D eigenvalue weighted by Crippen LogP contribution is 2.18. The molecule has 0 bridgehead atoms. The van der Waals surface area contributed by atoms with Gasteiger partial charge in [0.05, 0.1) is 16.9 Å². The fourth-order valence-electron chi connectivity index (χ4n) is 2.02. The summed E-state index contributed by atoms with van der Waals surface area (Å²) in [7, 11) is -1.01. The summed E-state index contributed by atoms with van der Waals surface area (Å²) >= 11 is 0. The maximum atomic E-state index is 12.7. The van der Waals surface area contributed by atoms with E-state index < -0.39 is 10.8 Å². The van der Waals surface area contributed by atoms with Crippen LogP contribution in [0.5, 0.6) is 0 Å². The second-order valence-corrected chi connectivity index (χ2v) is 5.85. The number of rotatable bonds is 5. The summed E-state index contributed by atoms with van der Waals surface area (Å²) in [6, 6.07) is 5.90. The first-order valence-corrected chi connectivity index (χ1v) is 7.33. The molecule has 1 aromatic carbocycles. The Hall–Kier alpha value is -0.740. The summed E-state index contributed by atoms with van der Waals surface area (Å²) in [5.74, 6) is 0.344. The molecule has 0 saturated carbocycles. The highest BCUT2D eigenvalue weighted by Gasteiger charge is 2.15. The lowest BCUT2D eigenvalue weighted by Crippen LogP contribution is -2.07. The number of ether oxygens (including phenoxy) is 1. The summed E-state index contributed by atoms with van der Waals surface area (Å²) in [6.07, 6.45) is 4.51. The average molecular weight is 256 g/mol. The van der Waals surface area contributed by atoms with E-state index in [0.29, 0.717) is 16.8 Å². The normalized spacial score (nSPS) is 21.6. The van der Waals surface area contributed by atoms with Crippen LogP contribution < -0.4 is 0 Å². The van der Waals surface area contributed by atoms with E-state index >= 15 is 0 Å². The van der Waals surface area contributed by atoms with Gasteiger partial charge in [0, 0.05) is 17.3 Å². The van der Waals surface area contributed by atoms with E-state index in [9.17, 15) is 8.60 Å². The van der Waals surface area contributed by atoms with Crippen LogP contribution in [0.1, 0.15) is 25.7 Å². The maximum Gasteiger partial charge on any atom is 0.123 e. The molecule has 1 aliphatic heterocycles. The predicted octanol–water partition coefficient (Wildman–Crippen LogP) is 2.89. The van der Waals surface area contributed by atoms with Crippen LogP contribution in [-0.2, 0) is 15.5 Å². The van der Waals surface area contributed by atoms with Crippen LogP contribution in [0, 0.1) is 5.82 Å². The molecule has 1 saturated heterocycles. The smallest absolute Gasteiger partial charge is 0.123 e. The molecule has 0 aromatic heterocycles. The highest BCUT2D eigenvalue weighted by molar-refractivity contribution is 7.85. The van der Waals surface area contributed by atoms with Gasteiger partial charge in [-0.2, -0.15) is 0 Å². The topological polar surface area (TPSA) is 26.3 Å². The Labute approximate surface area is 104 Å². The fraction of sp³-hybridized carbons (Fsp3) is 0.538. The van der Waals surface area contributed by atoms with E-state index in [-0.39, 0.29) is 5.82 Å². The Morgan fingerprint density at radius 2 is 2.12 bits per heavy atom. The van der Waals surface area contributed by atoms with Crippen molar-refractivity contribution in [1.82, 2.24) is 0 Å². The van der Waals surface area contributed by atoms with Crippen molar-refractivity contribution in [2.24, 2.45) is 0 Å². The van der Waals surface area contributed by atoms with Crippen molar-refractivity contribution in [1.29, 1.82) is 0 Å². The third-order valence-electron chi connectivity index (χ3n) is 2.96. The fourth-order valence-corrected chi connectivity index (χ4v) is 3.12. The second-order valence-electron chi connectivity index (χ2n) is 4.28. The van der Waals surface area contributed by atoms with Gasteiger partial charge in [0.1, 0.15) is 5.82 Å². The molecule has 94 valence electrons. The molecule has 0 aliphatic carbocycles. The van der Waals surface area contributed by atoms with Crippen LogP contribution >= 0.6 is 0 Å². The lowest BCUT2D eigenvalue weighted by atomic mass is 10.1. The van der Waals surface area contributed by atoms with Crippen LogP contribution in [0.2, 0.25) is 0 Å². The minimum atomic E-state index is -1.01. The van der Waals surface area contributed by atoms with Crippen molar-refractivity contribution in [3.8, 4) is 0 Å². The molecule has 0 N–H and O–H groups in total. The van der Waals surface area contributed by atoms with Crippen molar-refractivity contribution in [2.45, 2.75) is 36.7 Å². The minimum absolute atomic E-state index is 0.287. The molecular formula is C13H17FO2S. The van der Waals surface area contributed by atoms with Crippen LogP contribution in [0.25, 0.3) is 0 Å². The standard InChI is InChI=1S/C13H17FO2S/c14-11-5-7-13(8-6-11)17(15)10-2-4-12-3-1-9-16-12/h5-8,12H,1-4,9-10H2. The molecule has 2 unspecified atom stereocenters. The van der Waals surface area contributed by atoms with Crippen LogP contribution in [0.3, 0.4) is 0 Å². The van der Waals surface area contributed by atoms with E-state index in [4.69, 9.17) is 4.74 Å². The van der Waals surface area contributed by atoms with Gasteiger partial charge >= 0.3 is 0 Å². The summed E-state index contributed by atoms with van der Waals surface area (Å²) in [6.45, 7) is 0.867. The molecule has 2 rings (SSSR count). The zero-order valence-corrected chi connectivity index (χ0v) is 10.5. The van der Waals surface area contributed by atoms with Gasteiger partial charge in [-0.1, -0.05) is 0 Å². The molecule has 0 amide bonds. The largest absolute Gasteiger partial charge is 0.378 e. The molecule has 1 heterocycles. The van der Waals surface area contributed by atoms with Crippen molar-refractivity contribution in [3.63, 3.8) is 0 Å². The molecule has 2 nitrogen and oxygen atoms in total. The van der Waals surface area contributed by atoms with E-state index in [0.717, 1.165) is 32.3 Å². The molecular weight excluding hydrogens is 239 g/mol. The van der Waals surface area contributed by atoms with Gasteiger partial charge in [0.25, 0.3) is 0 Å². The van der Waals surface area contributed by atoms with Gasteiger partial charge < -0.3 is 4.74 Å². The quantitative estimate of drug-likeness (QED) is 0.809. The van der Waals surface area contributed by atoms with E-state index in [2.05, 4.69) is 0 Å². The summed E-state index contributed by atoms with van der Waals surface area (Å²) in [4.78, 5) is 0.707. The maximum absolute atomic E-state index is 12.7. The first-order chi connectivity index (χ1) is 8.25. The Morgan fingerprint density at radius 1 is 1.35 bits per heavy atom. The van der Waals surface area contributed by atoms with Gasteiger partial charge in [0.2, 0.25) is 0 Å². The van der Waals surface area contributed by atoms with Crippen molar-refractivity contribution < 1.29 is 13.3 Å². The zero-order valence-electron chi connectivity index (χ0n) is 9.73. The first-order valence-electron chi connectivity index (χ1n) is 6.01. The van der Waals surface area contributed by atoms with Gasteiger partial charge in [-0.05, 0) is 49.9 Å². The second kappa shape index (κ2) is 6.26. The van der Waals surface area contributed by atoms with Crippen LogP contribution in [0.15, 0.2) is 29.2 Å². The van der Waals surface area contributed by atoms with Crippen molar-refractivity contribution in [3.05, 3.63) is 30.1 Å². The monoisotopic (exact) mass is 256 g/mol. The number of benzene rings is 1. The molecule has 2 atom stereocenters. The lowest BCUT2D eigenvalue weighted by Gasteiger charge is -2.08. The average Bonchev–Trinajstić information content (AvgIpc) is 2.83. The molecule has 0 spiro atoms. The third kappa shape index (κ3) is 3.89. The van der Waals surface area contributed by atoms with Crippen LogP contribution in [-0.4, -0.2) is 22.7 Å². The van der Waals surface area contributed by atoms with E-state index in [1.165, 1.54) is 12.1 Å². The molecule has 17 heavy (non-hydrogen) atoms. The van der Waals surface area contributed by atoms with Gasteiger partial charge in [-0.25, -0.2) is 4.39 Å².